The third kappa shape index (κ3) is 3.42. The largest absolute Gasteiger partial charge is 0.383 e. The van der Waals surface area contributed by atoms with Crippen molar-refractivity contribution in [2.24, 2.45) is 0 Å². The van der Waals surface area contributed by atoms with Crippen molar-refractivity contribution in [2.75, 3.05) is 13.7 Å². The van der Waals surface area contributed by atoms with E-state index in [1.807, 2.05) is 0 Å². The molecular formula is C14H18BrN3O. The topological polar surface area (TPSA) is 39.9 Å². The number of ether oxygens (including phenoxy) is 1. The molecule has 0 fully saturated rings. The molecule has 0 radical (unpaired) electrons. The number of hydrogen-bond acceptors (Lipinski definition) is 3. The number of rotatable bonds is 6. The maximum absolute atomic E-state index is 5.15. The van der Waals surface area contributed by atoms with Crippen LogP contribution in [0.2, 0.25) is 0 Å². The van der Waals surface area contributed by atoms with Gasteiger partial charge in [-0.2, -0.15) is 0 Å². The average molecular weight is 324 g/mol. The van der Waals surface area contributed by atoms with Gasteiger partial charge in [-0.25, -0.2) is 0 Å². The number of aryl methyl sites for hydroxylation is 1. The number of benzene rings is 1. The summed E-state index contributed by atoms with van der Waals surface area (Å²) in [5.74, 6) is 1.93. The molecule has 0 amide bonds. The summed E-state index contributed by atoms with van der Waals surface area (Å²) in [6.07, 6.45) is 0.802. The van der Waals surface area contributed by atoms with E-state index >= 15 is 0 Å². The highest BCUT2D eigenvalue weighted by Gasteiger charge is 2.12. The molecule has 0 aliphatic heterocycles. The van der Waals surface area contributed by atoms with Gasteiger partial charge in [0.2, 0.25) is 0 Å². The smallest absolute Gasteiger partial charge is 0.143 e. The predicted octanol–water partition coefficient (Wildman–Crippen LogP) is 2.72. The van der Waals surface area contributed by atoms with Crippen molar-refractivity contribution in [2.45, 2.75) is 25.2 Å². The molecule has 0 unspecified atom stereocenters. The predicted molar refractivity (Wildman–Crippen MR) is 78.5 cm³/mol. The molecule has 0 bridgehead atoms. The molecule has 0 saturated heterocycles. The van der Waals surface area contributed by atoms with Crippen LogP contribution in [0.3, 0.4) is 0 Å². The molecule has 4 nitrogen and oxygen atoms in total. The monoisotopic (exact) mass is 323 g/mol. The van der Waals surface area contributed by atoms with Crippen molar-refractivity contribution in [1.29, 1.82) is 0 Å². The van der Waals surface area contributed by atoms with Crippen LogP contribution in [0.15, 0.2) is 24.3 Å². The van der Waals surface area contributed by atoms with Crippen molar-refractivity contribution in [3.8, 4) is 0 Å². The number of halogens is 1. The Morgan fingerprint density at radius 2 is 1.95 bits per heavy atom. The van der Waals surface area contributed by atoms with Crippen molar-refractivity contribution < 1.29 is 4.74 Å². The van der Waals surface area contributed by atoms with Crippen LogP contribution in [-0.4, -0.2) is 28.5 Å². The van der Waals surface area contributed by atoms with E-state index in [1.165, 1.54) is 11.1 Å². The molecular weight excluding hydrogens is 306 g/mol. The van der Waals surface area contributed by atoms with E-state index in [1.54, 1.807) is 7.11 Å². The van der Waals surface area contributed by atoms with Gasteiger partial charge >= 0.3 is 0 Å². The first kappa shape index (κ1) is 14.2. The first-order chi connectivity index (χ1) is 9.26. The highest BCUT2D eigenvalue weighted by Crippen LogP contribution is 2.14. The van der Waals surface area contributed by atoms with Crippen LogP contribution in [-0.2, 0) is 23.0 Å². The third-order valence-electron chi connectivity index (χ3n) is 3.15. The van der Waals surface area contributed by atoms with Crippen LogP contribution >= 0.6 is 15.9 Å². The molecule has 2 rings (SSSR count). The van der Waals surface area contributed by atoms with Gasteiger partial charge < -0.3 is 9.30 Å². The quantitative estimate of drug-likeness (QED) is 0.767. The summed E-state index contributed by atoms with van der Waals surface area (Å²) in [5.41, 5.74) is 2.57. The standard InChI is InChI=1S/C14H18BrN3O/c1-11-5-3-4-6-12(11)9-13-16-17-14(10-15)18(13)7-8-19-2/h3-6H,7-10H2,1-2H3. The van der Waals surface area contributed by atoms with Gasteiger partial charge in [0.1, 0.15) is 11.6 Å². The number of alkyl halides is 1. The molecule has 0 aliphatic rings. The Kier molecular flexibility index (Phi) is 5.10. The van der Waals surface area contributed by atoms with E-state index in [0.717, 1.165) is 24.6 Å². The number of hydrogen-bond donors (Lipinski definition) is 0. The maximum atomic E-state index is 5.15. The minimum absolute atomic E-state index is 0.665. The van der Waals surface area contributed by atoms with Crippen LogP contribution in [0.4, 0.5) is 0 Å². The minimum Gasteiger partial charge on any atom is -0.383 e. The van der Waals surface area contributed by atoms with Crippen LogP contribution < -0.4 is 0 Å². The summed E-state index contributed by atoms with van der Waals surface area (Å²) in [5, 5.41) is 9.23. The lowest BCUT2D eigenvalue weighted by atomic mass is 10.1. The second kappa shape index (κ2) is 6.82. The second-order valence-corrected chi connectivity index (χ2v) is 4.97. The Morgan fingerprint density at radius 1 is 1.21 bits per heavy atom. The maximum Gasteiger partial charge on any atom is 0.143 e. The lowest BCUT2D eigenvalue weighted by Gasteiger charge is -2.10. The summed E-state index contributed by atoms with van der Waals surface area (Å²) in [6, 6.07) is 8.37. The fourth-order valence-corrected chi connectivity index (χ4v) is 2.44. The third-order valence-corrected chi connectivity index (χ3v) is 3.65. The Bertz CT molecular complexity index is 539. The molecule has 0 atom stereocenters. The van der Waals surface area contributed by atoms with E-state index in [4.69, 9.17) is 4.74 Å². The molecule has 2 aromatic rings. The minimum atomic E-state index is 0.665. The van der Waals surface area contributed by atoms with Gasteiger partial charge in [-0.15, -0.1) is 10.2 Å². The lowest BCUT2D eigenvalue weighted by molar-refractivity contribution is 0.185. The Morgan fingerprint density at radius 3 is 2.63 bits per heavy atom. The molecule has 19 heavy (non-hydrogen) atoms. The molecule has 102 valence electrons. The van der Waals surface area contributed by atoms with Crippen molar-refractivity contribution in [1.82, 2.24) is 14.8 Å². The van der Waals surface area contributed by atoms with E-state index in [-0.39, 0.29) is 0 Å². The van der Waals surface area contributed by atoms with E-state index in [9.17, 15) is 0 Å². The number of nitrogens with zero attached hydrogens (tertiary/aromatic N) is 3. The van der Waals surface area contributed by atoms with Crippen LogP contribution in [0.5, 0.6) is 0 Å². The van der Waals surface area contributed by atoms with E-state index < -0.39 is 0 Å². The van der Waals surface area contributed by atoms with Gasteiger partial charge in [0, 0.05) is 20.1 Å². The summed E-state index contributed by atoms with van der Waals surface area (Å²) >= 11 is 3.45. The Balaban J connectivity index is 2.24. The fourth-order valence-electron chi connectivity index (χ4n) is 2.02. The SMILES string of the molecule is COCCn1c(CBr)nnc1Cc1ccccc1C. The summed E-state index contributed by atoms with van der Waals surface area (Å²) < 4.78 is 7.28. The van der Waals surface area contributed by atoms with Gasteiger partial charge in [-0.05, 0) is 18.1 Å². The zero-order chi connectivity index (χ0) is 13.7. The van der Waals surface area contributed by atoms with Gasteiger partial charge in [-0.3, -0.25) is 0 Å². The van der Waals surface area contributed by atoms with Gasteiger partial charge in [0.05, 0.1) is 11.9 Å². The zero-order valence-corrected chi connectivity index (χ0v) is 12.9. The molecule has 5 heteroatoms. The highest BCUT2D eigenvalue weighted by atomic mass is 79.9. The lowest BCUT2D eigenvalue weighted by Crippen LogP contribution is -2.11. The summed E-state index contributed by atoms with van der Waals surface area (Å²) in [6.45, 7) is 3.57. The first-order valence-corrected chi connectivity index (χ1v) is 7.38. The molecule has 1 heterocycles. The molecule has 0 N–H and O–H groups in total. The molecule has 0 aliphatic carbocycles. The van der Waals surface area contributed by atoms with Crippen molar-refractivity contribution >= 4 is 15.9 Å². The zero-order valence-electron chi connectivity index (χ0n) is 11.3. The van der Waals surface area contributed by atoms with Crippen molar-refractivity contribution in [3.63, 3.8) is 0 Å². The fraction of sp³-hybridized carbons (Fsp3) is 0.429. The number of aromatic nitrogens is 3. The van der Waals surface area contributed by atoms with Gasteiger partial charge in [-0.1, -0.05) is 40.2 Å². The Hall–Kier alpha value is -1.20. The van der Waals surface area contributed by atoms with Gasteiger partial charge in [0.15, 0.2) is 0 Å². The Labute approximate surface area is 121 Å². The highest BCUT2D eigenvalue weighted by molar-refractivity contribution is 9.08. The van der Waals surface area contributed by atoms with Crippen molar-refractivity contribution in [3.05, 3.63) is 47.0 Å². The van der Waals surface area contributed by atoms with Crippen LogP contribution in [0, 0.1) is 6.92 Å². The van der Waals surface area contributed by atoms with E-state index in [0.29, 0.717) is 11.9 Å². The van der Waals surface area contributed by atoms with Crippen LogP contribution in [0.1, 0.15) is 22.8 Å². The van der Waals surface area contributed by atoms with E-state index in [2.05, 4.69) is 61.9 Å². The number of methoxy groups -OCH3 is 1. The molecule has 1 aromatic carbocycles. The van der Waals surface area contributed by atoms with Gasteiger partial charge in [0.25, 0.3) is 0 Å². The summed E-state index contributed by atoms with van der Waals surface area (Å²) in [7, 11) is 1.71. The second-order valence-electron chi connectivity index (χ2n) is 4.41. The first-order valence-electron chi connectivity index (χ1n) is 6.26. The van der Waals surface area contributed by atoms with Crippen LogP contribution in [0.25, 0.3) is 0 Å². The molecule has 1 aromatic heterocycles. The molecule has 0 spiro atoms. The molecule has 0 saturated carbocycles. The normalized spacial score (nSPS) is 10.9. The summed E-state index contributed by atoms with van der Waals surface area (Å²) in [4.78, 5) is 0. The average Bonchev–Trinajstić information content (AvgIpc) is 2.81.